The van der Waals surface area contributed by atoms with Crippen molar-refractivity contribution in [2.75, 3.05) is 5.32 Å². The number of aromatic nitrogens is 4. The summed E-state index contributed by atoms with van der Waals surface area (Å²) in [6, 6.07) is 1.60. The maximum absolute atomic E-state index is 12.1. The third-order valence-electron chi connectivity index (χ3n) is 3.59. The topological polar surface area (TPSA) is 130 Å². The average molecular weight is 329 g/mol. The highest BCUT2D eigenvalue weighted by molar-refractivity contribution is 6.01. The van der Waals surface area contributed by atoms with Crippen LogP contribution in [0.5, 0.6) is 0 Å². The Morgan fingerprint density at radius 3 is 2.92 bits per heavy atom. The van der Waals surface area contributed by atoms with E-state index in [0.29, 0.717) is 17.7 Å². The van der Waals surface area contributed by atoms with Gasteiger partial charge in [0.25, 0.3) is 5.56 Å². The summed E-state index contributed by atoms with van der Waals surface area (Å²) in [6.07, 6.45) is 3.96. The van der Waals surface area contributed by atoms with Crippen LogP contribution >= 0.6 is 0 Å². The van der Waals surface area contributed by atoms with E-state index in [-0.39, 0.29) is 17.3 Å². The molecule has 2 heterocycles. The molecule has 2 aromatic heterocycles. The van der Waals surface area contributed by atoms with Gasteiger partial charge in [0, 0.05) is 23.8 Å². The summed E-state index contributed by atoms with van der Waals surface area (Å²) in [5.41, 5.74) is 1.84. The Kier molecular flexibility index (Phi) is 3.98. The molecule has 0 saturated heterocycles. The lowest BCUT2D eigenvalue weighted by atomic mass is 10.3. The van der Waals surface area contributed by atoms with Crippen molar-refractivity contribution in [3.63, 3.8) is 0 Å². The van der Waals surface area contributed by atoms with Crippen LogP contribution in [-0.2, 0) is 22.4 Å². The molecule has 9 nitrogen and oxygen atoms in total. The molecule has 1 aliphatic carbocycles. The van der Waals surface area contributed by atoms with E-state index in [0.717, 1.165) is 30.7 Å². The lowest BCUT2D eigenvalue weighted by Crippen LogP contribution is -2.20. The molecule has 0 spiro atoms. The van der Waals surface area contributed by atoms with Crippen LogP contribution in [0.1, 0.15) is 23.4 Å². The van der Waals surface area contributed by atoms with Gasteiger partial charge < -0.3 is 10.4 Å². The van der Waals surface area contributed by atoms with Crippen molar-refractivity contribution < 1.29 is 14.7 Å². The molecule has 24 heavy (non-hydrogen) atoms. The van der Waals surface area contributed by atoms with Gasteiger partial charge >= 0.3 is 5.97 Å². The molecule has 2 aromatic rings. The number of aliphatic carboxylic acids is 1. The number of carbonyl (C=O) groups is 2. The van der Waals surface area contributed by atoms with Crippen LogP contribution in [0.15, 0.2) is 23.0 Å². The van der Waals surface area contributed by atoms with Gasteiger partial charge in [-0.05, 0) is 26.2 Å². The van der Waals surface area contributed by atoms with Crippen molar-refractivity contribution >= 4 is 17.7 Å². The SMILES string of the molecule is Cc1cc(NC(=O)/C=C/C(=O)O)n(-c2nc3c(c(=O)[nH]2)CCC3)n1. The fraction of sp³-hybridized carbons (Fsp3) is 0.267. The highest BCUT2D eigenvalue weighted by Crippen LogP contribution is 2.19. The van der Waals surface area contributed by atoms with E-state index in [1.165, 1.54) is 4.68 Å². The van der Waals surface area contributed by atoms with Crippen LogP contribution in [0.25, 0.3) is 5.95 Å². The molecule has 0 saturated carbocycles. The number of fused-ring (bicyclic) bond motifs is 1. The predicted octanol–water partition coefficient (Wildman–Crippen LogP) is 0.332. The number of aryl methyl sites for hydroxylation is 2. The number of amides is 1. The molecule has 0 radical (unpaired) electrons. The quantitative estimate of drug-likeness (QED) is 0.693. The highest BCUT2D eigenvalue weighted by Gasteiger charge is 2.19. The van der Waals surface area contributed by atoms with Crippen molar-refractivity contribution in [3.8, 4) is 5.95 Å². The Morgan fingerprint density at radius 1 is 1.38 bits per heavy atom. The molecule has 0 fully saturated rings. The molecule has 0 unspecified atom stereocenters. The molecule has 1 aliphatic rings. The van der Waals surface area contributed by atoms with Crippen LogP contribution in [0.2, 0.25) is 0 Å². The van der Waals surface area contributed by atoms with E-state index in [4.69, 9.17) is 5.11 Å². The monoisotopic (exact) mass is 329 g/mol. The van der Waals surface area contributed by atoms with Crippen molar-refractivity contribution in [2.45, 2.75) is 26.2 Å². The number of carboxylic acids is 1. The van der Waals surface area contributed by atoms with E-state index in [1.807, 2.05) is 0 Å². The van der Waals surface area contributed by atoms with Crippen LogP contribution in [-0.4, -0.2) is 36.7 Å². The van der Waals surface area contributed by atoms with Crippen molar-refractivity contribution in [2.24, 2.45) is 0 Å². The fourth-order valence-corrected chi connectivity index (χ4v) is 2.59. The Hall–Kier alpha value is -3.23. The Bertz CT molecular complexity index is 909. The number of rotatable bonds is 4. The van der Waals surface area contributed by atoms with E-state index in [9.17, 15) is 14.4 Å². The summed E-state index contributed by atoms with van der Waals surface area (Å²) in [4.78, 5) is 41.4. The lowest BCUT2D eigenvalue weighted by Gasteiger charge is -2.08. The molecule has 1 amide bonds. The zero-order chi connectivity index (χ0) is 17.3. The Balaban J connectivity index is 1.95. The van der Waals surface area contributed by atoms with Crippen LogP contribution in [0.3, 0.4) is 0 Å². The minimum Gasteiger partial charge on any atom is -0.478 e. The van der Waals surface area contributed by atoms with Gasteiger partial charge in [-0.1, -0.05) is 0 Å². The predicted molar refractivity (Wildman–Crippen MR) is 84.1 cm³/mol. The second-order valence-corrected chi connectivity index (χ2v) is 5.41. The van der Waals surface area contributed by atoms with Gasteiger partial charge in [0.15, 0.2) is 0 Å². The van der Waals surface area contributed by atoms with Gasteiger partial charge in [0.2, 0.25) is 11.9 Å². The first-order valence-corrected chi connectivity index (χ1v) is 7.35. The second-order valence-electron chi connectivity index (χ2n) is 5.41. The van der Waals surface area contributed by atoms with Gasteiger partial charge in [0.1, 0.15) is 5.82 Å². The first-order valence-electron chi connectivity index (χ1n) is 7.35. The molecular weight excluding hydrogens is 314 g/mol. The number of H-pyrrole nitrogens is 1. The summed E-state index contributed by atoms with van der Waals surface area (Å²) >= 11 is 0. The van der Waals surface area contributed by atoms with E-state index >= 15 is 0 Å². The molecule has 0 aromatic carbocycles. The van der Waals surface area contributed by atoms with E-state index < -0.39 is 11.9 Å². The van der Waals surface area contributed by atoms with Gasteiger partial charge in [0.05, 0.1) is 11.4 Å². The third kappa shape index (κ3) is 3.09. The highest BCUT2D eigenvalue weighted by atomic mass is 16.4. The summed E-state index contributed by atoms with van der Waals surface area (Å²) in [6.45, 7) is 1.73. The smallest absolute Gasteiger partial charge is 0.328 e. The fourth-order valence-electron chi connectivity index (χ4n) is 2.59. The van der Waals surface area contributed by atoms with E-state index in [1.54, 1.807) is 13.0 Å². The number of anilines is 1. The van der Waals surface area contributed by atoms with Crippen molar-refractivity contribution in [1.29, 1.82) is 0 Å². The molecule has 124 valence electrons. The number of hydrogen-bond donors (Lipinski definition) is 3. The zero-order valence-corrected chi connectivity index (χ0v) is 12.9. The number of aromatic amines is 1. The third-order valence-corrected chi connectivity index (χ3v) is 3.59. The largest absolute Gasteiger partial charge is 0.478 e. The molecule has 3 N–H and O–H groups in total. The van der Waals surface area contributed by atoms with Gasteiger partial charge in [-0.15, -0.1) is 0 Å². The molecule has 0 aliphatic heterocycles. The maximum atomic E-state index is 12.1. The van der Waals surface area contributed by atoms with Crippen LogP contribution in [0.4, 0.5) is 5.82 Å². The molecule has 0 atom stereocenters. The number of nitrogens with one attached hydrogen (secondary N) is 2. The first-order chi connectivity index (χ1) is 11.4. The van der Waals surface area contributed by atoms with Gasteiger partial charge in [-0.2, -0.15) is 9.78 Å². The first kappa shape index (κ1) is 15.7. The number of carbonyl (C=O) groups excluding carboxylic acids is 1. The van der Waals surface area contributed by atoms with Crippen LogP contribution < -0.4 is 10.9 Å². The van der Waals surface area contributed by atoms with Crippen molar-refractivity contribution in [3.05, 3.63) is 45.5 Å². The molecule has 0 bridgehead atoms. The molecular formula is C15H15N5O4. The second kappa shape index (κ2) is 6.11. The summed E-state index contributed by atoms with van der Waals surface area (Å²) in [5.74, 6) is -1.35. The molecule has 3 rings (SSSR count). The minimum absolute atomic E-state index is 0.205. The van der Waals surface area contributed by atoms with E-state index in [2.05, 4.69) is 20.4 Å². The number of carboxylic acid groups (broad SMARTS) is 1. The average Bonchev–Trinajstić information content (AvgIpc) is 3.12. The maximum Gasteiger partial charge on any atom is 0.328 e. The zero-order valence-electron chi connectivity index (χ0n) is 12.9. The summed E-state index contributed by atoms with van der Waals surface area (Å²) < 4.78 is 1.32. The van der Waals surface area contributed by atoms with Crippen molar-refractivity contribution in [1.82, 2.24) is 19.7 Å². The summed E-state index contributed by atoms with van der Waals surface area (Å²) in [7, 11) is 0. The standard InChI is InChI=1S/C15H15N5O4/c1-8-7-11(17-12(21)5-6-13(22)23)20(19-8)15-16-10-4-2-3-9(10)14(24)18-15/h5-7H,2-4H2,1H3,(H,17,21)(H,22,23)(H,16,18,24)/b6-5+. The van der Waals surface area contributed by atoms with Gasteiger partial charge in [-0.25, -0.2) is 9.78 Å². The van der Waals surface area contributed by atoms with Crippen LogP contribution in [0, 0.1) is 6.92 Å². The number of nitrogens with zero attached hydrogens (tertiary/aromatic N) is 3. The summed E-state index contributed by atoms with van der Waals surface area (Å²) in [5, 5.41) is 15.3. The minimum atomic E-state index is -1.22. The Labute approximate surface area is 136 Å². The Morgan fingerprint density at radius 2 is 2.17 bits per heavy atom. The molecule has 9 heteroatoms. The van der Waals surface area contributed by atoms with Gasteiger partial charge in [-0.3, -0.25) is 14.6 Å². The number of hydrogen-bond acceptors (Lipinski definition) is 5. The lowest BCUT2D eigenvalue weighted by molar-refractivity contribution is -0.131. The normalized spacial score (nSPS) is 13.2.